The van der Waals surface area contributed by atoms with Crippen LogP contribution < -0.4 is 0 Å². The number of nitrogens with zero attached hydrogens (tertiary/aromatic N) is 2. The first-order valence-electron chi connectivity index (χ1n) is 3.76. The molecule has 13 heavy (non-hydrogen) atoms. The zero-order chi connectivity index (χ0) is 9.73. The van der Waals surface area contributed by atoms with Gasteiger partial charge >= 0.3 is 0 Å². The molecule has 0 bridgehead atoms. The van der Waals surface area contributed by atoms with E-state index in [1.54, 1.807) is 6.19 Å². The number of hydrogen-bond acceptors (Lipinski definition) is 3. The quantitative estimate of drug-likeness (QED) is 0.674. The molecule has 1 aromatic carbocycles. The van der Waals surface area contributed by atoms with Crippen LogP contribution in [-0.4, -0.2) is 10.5 Å². The number of benzene rings is 1. The minimum absolute atomic E-state index is 0.335. The van der Waals surface area contributed by atoms with E-state index in [-0.39, 0.29) is 0 Å². The average Bonchev–Trinajstić information content (AvgIpc) is 2.04. The van der Waals surface area contributed by atoms with Crippen LogP contribution in [0, 0.1) is 11.5 Å². The summed E-state index contributed by atoms with van der Waals surface area (Å²) in [6, 6.07) is 9.38. The summed E-state index contributed by atoms with van der Waals surface area (Å²) in [7, 11) is -2.37. The van der Waals surface area contributed by atoms with Crippen molar-refractivity contribution in [2.45, 2.75) is 5.75 Å². The zero-order valence-electron chi connectivity index (χ0n) is 7.30. The smallest absolute Gasteiger partial charge is 0.214 e. The van der Waals surface area contributed by atoms with E-state index in [2.05, 4.69) is 4.36 Å². The van der Waals surface area contributed by atoms with Gasteiger partial charge in [-0.2, -0.15) is 5.26 Å². The van der Waals surface area contributed by atoms with Crippen molar-refractivity contribution in [1.29, 1.82) is 5.26 Å². The minimum Gasteiger partial charge on any atom is -0.249 e. The van der Waals surface area contributed by atoms with Crippen molar-refractivity contribution in [1.82, 2.24) is 0 Å². The second-order valence-electron chi connectivity index (χ2n) is 2.78. The van der Waals surface area contributed by atoms with Gasteiger partial charge < -0.3 is 0 Å². The van der Waals surface area contributed by atoms with Gasteiger partial charge in [-0.05, 0) is 5.56 Å². The van der Waals surface area contributed by atoms with Crippen molar-refractivity contribution < 1.29 is 4.21 Å². The molecule has 0 spiro atoms. The first-order chi connectivity index (χ1) is 6.14. The fourth-order valence-electron chi connectivity index (χ4n) is 1.00. The van der Waals surface area contributed by atoms with Gasteiger partial charge in [-0.15, -0.1) is 4.36 Å². The van der Waals surface area contributed by atoms with Crippen LogP contribution in [0.25, 0.3) is 0 Å². The molecule has 0 aromatic heterocycles. The van der Waals surface area contributed by atoms with Crippen molar-refractivity contribution in [2.75, 3.05) is 6.26 Å². The normalized spacial score (nSPS) is 14.2. The third-order valence-corrected chi connectivity index (χ3v) is 2.85. The van der Waals surface area contributed by atoms with Gasteiger partial charge in [-0.25, -0.2) is 4.21 Å². The maximum absolute atomic E-state index is 11.6. The molecule has 0 radical (unpaired) electrons. The Morgan fingerprint density at radius 2 is 2.08 bits per heavy atom. The Kier molecular flexibility index (Phi) is 3.04. The second-order valence-corrected chi connectivity index (χ2v) is 5.17. The summed E-state index contributed by atoms with van der Waals surface area (Å²) in [6.45, 7) is 0. The lowest BCUT2D eigenvalue weighted by atomic mass is 10.2. The van der Waals surface area contributed by atoms with Gasteiger partial charge in [-0.3, -0.25) is 0 Å². The monoisotopic (exact) mass is 194 g/mol. The maximum Gasteiger partial charge on any atom is 0.214 e. The topological polar surface area (TPSA) is 53.2 Å². The molecule has 4 heteroatoms. The Morgan fingerprint density at radius 3 is 2.62 bits per heavy atom. The van der Waals surface area contributed by atoms with Crippen LogP contribution in [0.2, 0.25) is 0 Å². The molecule has 3 nitrogen and oxygen atoms in total. The van der Waals surface area contributed by atoms with Crippen LogP contribution in [0.15, 0.2) is 34.7 Å². The van der Waals surface area contributed by atoms with Crippen molar-refractivity contribution >= 4 is 9.73 Å². The van der Waals surface area contributed by atoms with Crippen LogP contribution >= 0.6 is 0 Å². The molecule has 0 N–H and O–H groups in total. The second kappa shape index (κ2) is 4.06. The van der Waals surface area contributed by atoms with Gasteiger partial charge in [0.2, 0.25) is 6.19 Å². The molecule has 0 aliphatic heterocycles. The molecule has 0 saturated carbocycles. The Balaban J connectivity index is 2.90. The van der Waals surface area contributed by atoms with Crippen LogP contribution in [-0.2, 0) is 15.5 Å². The molecule has 1 atom stereocenters. The lowest BCUT2D eigenvalue weighted by Gasteiger charge is -2.00. The van der Waals surface area contributed by atoms with E-state index in [0.717, 1.165) is 5.56 Å². The highest BCUT2D eigenvalue weighted by Gasteiger charge is 2.01. The minimum atomic E-state index is -2.37. The van der Waals surface area contributed by atoms with E-state index in [1.165, 1.54) is 6.26 Å². The Bertz CT molecular complexity index is 425. The largest absolute Gasteiger partial charge is 0.249 e. The summed E-state index contributed by atoms with van der Waals surface area (Å²) >= 11 is 0. The van der Waals surface area contributed by atoms with Crippen LogP contribution in [0.5, 0.6) is 0 Å². The summed E-state index contributed by atoms with van der Waals surface area (Å²) in [6.07, 6.45) is 3.07. The highest BCUT2D eigenvalue weighted by atomic mass is 32.2. The molecule has 0 fully saturated rings. The Hall–Kier alpha value is -1.34. The predicted molar refractivity (Wildman–Crippen MR) is 52.3 cm³/mol. The van der Waals surface area contributed by atoms with E-state index >= 15 is 0 Å². The summed E-state index contributed by atoms with van der Waals surface area (Å²) in [5, 5.41) is 8.28. The first kappa shape index (κ1) is 9.75. The molecule has 1 unspecified atom stereocenters. The van der Waals surface area contributed by atoms with Crippen LogP contribution in [0.4, 0.5) is 0 Å². The molecule has 1 rings (SSSR count). The van der Waals surface area contributed by atoms with E-state index in [1.807, 2.05) is 30.3 Å². The van der Waals surface area contributed by atoms with Crippen molar-refractivity contribution in [3.63, 3.8) is 0 Å². The molecular weight excluding hydrogens is 184 g/mol. The Labute approximate surface area is 78.2 Å². The number of rotatable bonds is 2. The number of nitriles is 1. The van der Waals surface area contributed by atoms with Gasteiger partial charge in [0.1, 0.15) is 0 Å². The summed E-state index contributed by atoms with van der Waals surface area (Å²) < 4.78 is 15.0. The molecule has 0 amide bonds. The van der Waals surface area contributed by atoms with Gasteiger partial charge in [0.25, 0.3) is 0 Å². The van der Waals surface area contributed by atoms with Gasteiger partial charge in [0, 0.05) is 6.26 Å². The molecule has 68 valence electrons. The van der Waals surface area contributed by atoms with Crippen molar-refractivity contribution in [2.24, 2.45) is 4.36 Å². The van der Waals surface area contributed by atoms with Gasteiger partial charge in [0.05, 0.1) is 15.5 Å². The van der Waals surface area contributed by atoms with E-state index < -0.39 is 9.73 Å². The number of hydrogen-bond donors (Lipinski definition) is 0. The van der Waals surface area contributed by atoms with Gasteiger partial charge in [0.15, 0.2) is 0 Å². The summed E-state index contributed by atoms with van der Waals surface area (Å²) in [5.74, 6) is 0.335. The average molecular weight is 194 g/mol. The van der Waals surface area contributed by atoms with E-state index in [0.29, 0.717) is 5.75 Å². The molecule has 1 aromatic rings. The molecule has 0 aliphatic rings. The molecule has 0 aliphatic carbocycles. The fraction of sp³-hybridized carbons (Fsp3) is 0.222. The molecule has 0 heterocycles. The highest BCUT2D eigenvalue weighted by Crippen LogP contribution is 2.05. The third kappa shape index (κ3) is 3.26. The van der Waals surface area contributed by atoms with E-state index in [9.17, 15) is 4.21 Å². The first-order valence-corrected chi connectivity index (χ1v) is 5.85. The fourth-order valence-corrected chi connectivity index (χ4v) is 2.05. The van der Waals surface area contributed by atoms with Crippen LogP contribution in [0.1, 0.15) is 5.56 Å². The third-order valence-electron chi connectivity index (χ3n) is 1.51. The summed E-state index contributed by atoms with van der Waals surface area (Å²) in [5.41, 5.74) is 0.939. The Morgan fingerprint density at radius 1 is 1.46 bits per heavy atom. The lowest BCUT2D eigenvalue weighted by molar-refractivity contribution is 0.680. The predicted octanol–water partition coefficient (Wildman–Crippen LogP) is 1.77. The maximum atomic E-state index is 11.6. The van der Waals surface area contributed by atoms with Crippen LogP contribution in [0.3, 0.4) is 0 Å². The molecular formula is C9H10N2OS. The highest BCUT2D eigenvalue weighted by molar-refractivity contribution is 7.92. The molecule has 0 saturated heterocycles. The van der Waals surface area contributed by atoms with E-state index in [4.69, 9.17) is 5.26 Å². The van der Waals surface area contributed by atoms with Gasteiger partial charge in [-0.1, -0.05) is 30.3 Å². The van der Waals surface area contributed by atoms with Crippen molar-refractivity contribution in [3.05, 3.63) is 35.9 Å². The lowest BCUT2D eigenvalue weighted by Crippen LogP contribution is -1.99. The van der Waals surface area contributed by atoms with Crippen molar-refractivity contribution in [3.8, 4) is 6.19 Å². The zero-order valence-corrected chi connectivity index (χ0v) is 8.12. The summed E-state index contributed by atoms with van der Waals surface area (Å²) in [4.78, 5) is 0. The SMILES string of the molecule is CS(=O)(Cc1ccccc1)=NC#N. The standard InChI is InChI=1S/C9H10N2OS/c1-13(12,11-8-10)7-9-5-3-2-4-6-9/h2-6H,7H2,1H3.